The van der Waals surface area contributed by atoms with E-state index in [1.54, 1.807) is 12.4 Å². The Bertz CT molecular complexity index is 365. The van der Waals surface area contributed by atoms with Gasteiger partial charge in [0.15, 0.2) is 0 Å². The van der Waals surface area contributed by atoms with Crippen molar-refractivity contribution in [1.82, 2.24) is 15.3 Å². The lowest BCUT2D eigenvalue weighted by Gasteiger charge is -2.36. The minimum absolute atomic E-state index is 0.0450. The lowest BCUT2D eigenvalue weighted by molar-refractivity contribution is -0.107. The molecule has 1 aliphatic rings. The first kappa shape index (κ1) is 12.3. The minimum Gasteiger partial charge on any atom is -0.461 e. The van der Waals surface area contributed by atoms with Crippen molar-refractivity contribution in [2.75, 3.05) is 19.7 Å². The summed E-state index contributed by atoms with van der Waals surface area (Å²) in [6.07, 6.45) is 3.53. The highest BCUT2D eigenvalue weighted by Crippen LogP contribution is 2.15. The smallest absolute Gasteiger partial charge is 0.316 e. The zero-order valence-electron chi connectivity index (χ0n) is 10.6. The van der Waals surface area contributed by atoms with Crippen LogP contribution >= 0.6 is 0 Å². The summed E-state index contributed by atoms with van der Waals surface area (Å²) in [5.74, 6) is 0. The van der Waals surface area contributed by atoms with Gasteiger partial charge in [0.1, 0.15) is 12.7 Å². The molecule has 1 unspecified atom stereocenters. The van der Waals surface area contributed by atoms with Crippen molar-refractivity contribution in [3.05, 3.63) is 18.0 Å². The zero-order valence-corrected chi connectivity index (χ0v) is 10.6. The van der Waals surface area contributed by atoms with Crippen LogP contribution in [0.25, 0.3) is 0 Å². The molecule has 0 spiro atoms. The molecular weight excluding hydrogens is 218 g/mol. The van der Waals surface area contributed by atoms with Gasteiger partial charge in [0.25, 0.3) is 0 Å². The largest absolute Gasteiger partial charge is 0.461 e. The van der Waals surface area contributed by atoms with Crippen molar-refractivity contribution >= 4 is 0 Å². The monoisotopic (exact) mass is 237 g/mol. The van der Waals surface area contributed by atoms with Gasteiger partial charge in [-0.05, 0) is 26.3 Å². The molecule has 1 N–H and O–H groups in total. The summed E-state index contributed by atoms with van der Waals surface area (Å²) >= 11 is 0. The van der Waals surface area contributed by atoms with E-state index in [4.69, 9.17) is 9.47 Å². The quantitative estimate of drug-likeness (QED) is 0.847. The van der Waals surface area contributed by atoms with E-state index < -0.39 is 0 Å². The second kappa shape index (κ2) is 4.98. The molecule has 0 aromatic carbocycles. The fraction of sp³-hybridized carbons (Fsp3) is 0.667. The summed E-state index contributed by atoms with van der Waals surface area (Å²) in [4.78, 5) is 8.18. The van der Waals surface area contributed by atoms with Gasteiger partial charge < -0.3 is 14.8 Å². The standard InChI is InChI=1S/C12H19N3O2/c1-9-4-14-11(15-5-9)16-7-10-6-13-8-12(2,3)17-10/h4-5,10,13H,6-8H2,1-3H3. The summed E-state index contributed by atoms with van der Waals surface area (Å²) < 4.78 is 11.4. The van der Waals surface area contributed by atoms with E-state index >= 15 is 0 Å². The van der Waals surface area contributed by atoms with Gasteiger partial charge in [0.05, 0.1) is 5.60 Å². The van der Waals surface area contributed by atoms with Gasteiger partial charge in [-0.15, -0.1) is 0 Å². The predicted molar refractivity (Wildman–Crippen MR) is 64.1 cm³/mol. The average molecular weight is 237 g/mol. The second-order valence-electron chi connectivity index (χ2n) is 4.98. The molecule has 0 radical (unpaired) electrons. The lowest BCUT2D eigenvalue weighted by atomic mass is 10.1. The highest BCUT2D eigenvalue weighted by Gasteiger charge is 2.28. The van der Waals surface area contributed by atoms with Crippen LogP contribution in [0.5, 0.6) is 6.01 Å². The number of nitrogens with one attached hydrogen (secondary N) is 1. The Hall–Kier alpha value is -1.20. The van der Waals surface area contributed by atoms with Crippen molar-refractivity contribution in [2.24, 2.45) is 0 Å². The maximum absolute atomic E-state index is 5.88. The molecule has 0 bridgehead atoms. The van der Waals surface area contributed by atoms with Crippen molar-refractivity contribution in [3.8, 4) is 6.01 Å². The second-order valence-corrected chi connectivity index (χ2v) is 4.98. The Balaban J connectivity index is 1.84. The Kier molecular flexibility index (Phi) is 3.59. The number of aryl methyl sites for hydroxylation is 1. The Morgan fingerprint density at radius 2 is 2.18 bits per heavy atom. The molecule has 94 valence electrons. The molecule has 1 saturated heterocycles. The van der Waals surface area contributed by atoms with Gasteiger partial charge in [-0.25, -0.2) is 9.97 Å². The van der Waals surface area contributed by atoms with E-state index in [0.717, 1.165) is 18.7 Å². The van der Waals surface area contributed by atoms with E-state index in [2.05, 4.69) is 29.1 Å². The summed E-state index contributed by atoms with van der Waals surface area (Å²) in [5, 5.41) is 3.32. The summed E-state index contributed by atoms with van der Waals surface area (Å²) in [6, 6.07) is 0.405. The third-order valence-corrected chi connectivity index (χ3v) is 2.56. The molecule has 2 heterocycles. The number of rotatable bonds is 3. The SMILES string of the molecule is Cc1cnc(OCC2CNCC(C)(C)O2)nc1. The van der Waals surface area contributed by atoms with E-state index in [-0.39, 0.29) is 11.7 Å². The van der Waals surface area contributed by atoms with Gasteiger partial charge >= 0.3 is 6.01 Å². The van der Waals surface area contributed by atoms with Gasteiger partial charge in [0.2, 0.25) is 0 Å². The fourth-order valence-electron chi connectivity index (χ4n) is 1.78. The van der Waals surface area contributed by atoms with Crippen molar-refractivity contribution < 1.29 is 9.47 Å². The van der Waals surface area contributed by atoms with Gasteiger partial charge in [0, 0.05) is 25.5 Å². The molecule has 5 heteroatoms. The van der Waals surface area contributed by atoms with Crippen molar-refractivity contribution in [1.29, 1.82) is 0 Å². The van der Waals surface area contributed by atoms with Gasteiger partial charge in [-0.2, -0.15) is 0 Å². The van der Waals surface area contributed by atoms with Crippen LogP contribution in [0, 0.1) is 6.92 Å². The first-order valence-corrected chi connectivity index (χ1v) is 5.85. The molecule has 0 saturated carbocycles. The van der Waals surface area contributed by atoms with E-state index in [9.17, 15) is 0 Å². The maximum Gasteiger partial charge on any atom is 0.316 e. The highest BCUT2D eigenvalue weighted by atomic mass is 16.6. The first-order valence-electron chi connectivity index (χ1n) is 5.85. The number of aromatic nitrogens is 2. The molecular formula is C12H19N3O2. The van der Waals surface area contributed by atoms with Crippen LogP contribution in [0.3, 0.4) is 0 Å². The molecule has 1 aliphatic heterocycles. The maximum atomic E-state index is 5.88. The van der Waals surface area contributed by atoms with Gasteiger partial charge in [-0.3, -0.25) is 0 Å². The summed E-state index contributed by atoms with van der Waals surface area (Å²) in [6.45, 7) is 8.21. The minimum atomic E-state index is -0.138. The van der Waals surface area contributed by atoms with Crippen LogP contribution in [-0.2, 0) is 4.74 Å². The van der Waals surface area contributed by atoms with Crippen LogP contribution in [0.2, 0.25) is 0 Å². The van der Waals surface area contributed by atoms with Crippen LogP contribution in [-0.4, -0.2) is 41.4 Å². The van der Waals surface area contributed by atoms with Crippen molar-refractivity contribution in [2.45, 2.75) is 32.5 Å². The molecule has 17 heavy (non-hydrogen) atoms. The number of ether oxygens (including phenoxy) is 2. The van der Waals surface area contributed by atoms with E-state index in [1.165, 1.54) is 0 Å². The van der Waals surface area contributed by atoms with Crippen molar-refractivity contribution in [3.63, 3.8) is 0 Å². The predicted octanol–water partition coefficient (Wildman–Crippen LogP) is 0.931. The van der Waals surface area contributed by atoms with Crippen LogP contribution in [0.1, 0.15) is 19.4 Å². The lowest BCUT2D eigenvalue weighted by Crippen LogP contribution is -2.52. The van der Waals surface area contributed by atoms with Crippen LogP contribution in [0.4, 0.5) is 0 Å². The molecule has 0 amide bonds. The highest BCUT2D eigenvalue weighted by molar-refractivity contribution is 5.04. The summed E-state index contributed by atoms with van der Waals surface area (Å²) in [7, 11) is 0. The number of hydrogen-bond donors (Lipinski definition) is 1. The Labute approximate surface area is 102 Å². The van der Waals surface area contributed by atoms with Crippen LogP contribution in [0.15, 0.2) is 12.4 Å². The Morgan fingerprint density at radius 3 is 2.82 bits per heavy atom. The average Bonchev–Trinajstić information content (AvgIpc) is 2.27. The number of morpholine rings is 1. The third kappa shape index (κ3) is 3.64. The normalized spacial score (nSPS) is 23.4. The first-order chi connectivity index (χ1) is 8.05. The molecule has 1 atom stereocenters. The van der Waals surface area contributed by atoms with Gasteiger partial charge in [-0.1, -0.05) is 0 Å². The molecule has 2 rings (SSSR count). The summed E-state index contributed by atoms with van der Waals surface area (Å²) in [5.41, 5.74) is 0.884. The van der Waals surface area contributed by atoms with Crippen LogP contribution < -0.4 is 10.1 Å². The molecule has 1 fully saturated rings. The Morgan fingerprint density at radius 1 is 1.47 bits per heavy atom. The number of hydrogen-bond acceptors (Lipinski definition) is 5. The van der Waals surface area contributed by atoms with E-state index in [0.29, 0.717) is 12.6 Å². The molecule has 5 nitrogen and oxygen atoms in total. The molecule has 1 aromatic rings. The topological polar surface area (TPSA) is 56.3 Å². The fourth-order valence-corrected chi connectivity index (χ4v) is 1.78. The third-order valence-electron chi connectivity index (χ3n) is 2.56. The van der Waals surface area contributed by atoms with E-state index in [1.807, 2.05) is 6.92 Å². The molecule has 1 aromatic heterocycles. The number of nitrogens with zero attached hydrogens (tertiary/aromatic N) is 2. The zero-order chi connectivity index (χ0) is 12.3. The molecule has 0 aliphatic carbocycles.